The third kappa shape index (κ3) is 4.60. The van der Waals surface area contributed by atoms with Gasteiger partial charge in [-0.2, -0.15) is 5.10 Å². The van der Waals surface area contributed by atoms with Gasteiger partial charge >= 0.3 is 5.97 Å². The van der Waals surface area contributed by atoms with E-state index in [1.165, 1.54) is 0 Å². The molecule has 0 saturated carbocycles. The fraction of sp³-hybridized carbons (Fsp3) is 0.389. The standard InChI is InChI=1S/C18H22ClN3O3/c1-4-5-16(18(24)25)20-17(23)10-15-11(2)21-22(12(15)3)14-8-6-13(19)7-9-14/h6-9,16H,4-5,10H2,1-3H3,(H,20,23)(H,24,25). The Kier molecular flexibility index (Phi) is 6.20. The maximum absolute atomic E-state index is 12.3. The predicted octanol–water partition coefficient (Wildman–Crippen LogP) is 3.05. The Morgan fingerprint density at radius 2 is 1.92 bits per heavy atom. The molecule has 0 saturated heterocycles. The van der Waals surface area contributed by atoms with Gasteiger partial charge in [0.15, 0.2) is 0 Å². The summed E-state index contributed by atoms with van der Waals surface area (Å²) in [4.78, 5) is 23.5. The van der Waals surface area contributed by atoms with Gasteiger partial charge in [-0.1, -0.05) is 24.9 Å². The van der Waals surface area contributed by atoms with Gasteiger partial charge in [-0.15, -0.1) is 0 Å². The van der Waals surface area contributed by atoms with Gasteiger partial charge in [-0.3, -0.25) is 4.79 Å². The molecule has 0 bridgehead atoms. The molecule has 1 atom stereocenters. The lowest BCUT2D eigenvalue weighted by atomic mass is 10.1. The number of aryl methyl sites for hydroxylation is 1. The number of rotatable bonds is 7. The van der Waals surface area contributed by atoms with Crippen LogP contribution in [0.2, 0.25) is 5.02 Å². The molecule has 2 aromatic rings. The molecule has 1 amide bonds. The van der Waals surface area contributed by atoms with Crippen molar-refractivity contribution in [3.05, 3.63) is 46.2 Å². The van der Waals surface area contributed by atoms with E-state index in [4.69, 9.17) is 16.7 Å². The molecule has 0 fully saturated rings. The van der Waals surface area contributed by atoms with E-state index in [0.29, 0.717) is 17.9 Å². The average molecular weight is 364 g/mol. The van der Waals surface area contributed by atoms with Crippen LogP contribution in [0, 0.1) is 13.8 Å². The van der Waals surface area contributed by atoms with Gasteiger partial charge in [0.1, 0.15) is 6.04 Å². The zero-order valence-corrected chi connectivity index (χ0v) is 15.3. The second-order valence-electron chi connectivity index (χ2n) is 5.96. The van der Waals surface area contributed by atoms with Gasteiger partial charge in [-0.05, 0) is 44.5 Å². The molecule has 2 N–H and O–H groups in total. The number of nitrogens with one attached hydrogen (secondary N) is 1. The maximum Gasteiger partial charge on any atom is 0.326 e. The summed E-state index contributed by atoms with van der Waals surface area (Å²) in [6.07, 6.45) is 1.19. The van der Waals surface area contributed by atoms with Crippen molar-refractivity contribution in [2.45, 2.75) is 46.1 Å². The van der Waals surface area contributed by atoms with Crippen LogP contribution in [0.3, 0.4) is 0 Å². The smallest absolute Gasteiger partial charge is 0.326 e. The van der Waals surface area contributed by atoms with Crippen molar-refractivity contribution in [1.29, 1.82) is 0 Å². The lowest BCUT2D eigenvalue weighted by Gasteiger charge is -2.13. The summed E-state index contributed by atoms with van der Waals surface area (Å²) in [5, 5.41) is 16.9. The highest BCUT2D eigenvalue weighted by atomic mass is 35.5. The van der Waals surface area contributed by atoms with E-state index in [0.717, 1.165) is 22.6 Å². The van der Waals surface area contributed by atoms with Gasteiger partial charge in [-0.25, -0.2) is 9.48 Å². The Hall–Kier alpha value is -2.34. The average Bonchev–Trinajstić information content (AvgIpc) is 2.83. The van der Waals surface area contributed by atoms with Crippen molar-refractivity contribution < 1.29 is 14.7 Å². The first kappa shape index (κ1) is 19.0. The maximum atomic E-state index is 12.3. The number of amides is 1. The number of nitrogens with zero attached hydrogens (tertiary/aromatic N) is 2. The zero-order valence-electron chi connectivity index (χ0n) is 14.5. The van der Waals surface area contributed by atoms with Gasteiger partial charge < -0.3 is 10.4 Å². The third-order valence-electron chi connectivity index (χ3n) is 4.06. The molecule has 1 aromatic heterocycles. The van der Waals surface area contributed by atoms with Crippen molar-refractivity contribution >= 4 is 23.5 Å². The molecule has 1 aromatic carbocycles. The van der Waals surface area contributed by atoms with Crippen LogP contribution < -0.4 is 5.32 Å². The Bertz CT molecular complexity index is 769. The Morgan fingerprint density at radius 1 is 1.28 bits per heavy atom. The minimum Gasteiger partial charge on any atom is -0.480 e. The first-order chi connectivity index (χ1) is 11.8. The van der Waals surface area contributed by atoms with Crippen LogP contribution in [0.15, 0.2) is 24.3 Å². The van der Waals surface area contributed by atoms with Crippen molar-refractivity contribution in [2.24, 2.45) is 0 Å². The zero-order chi connectivity index (χ0) is 18.6. The van der Waals surface area contributed by atoms with E-state index in [-0.39, 0.29) is 12.3 Å². The number of carboxylic acid groups (broad SMARTS) is 1. The van der Waals surface area contributed by atoms with E-state index >= 15 is 0 Å². The molecule has 134 valence electrons. The monoisotopic (exact) mass is 363 g/mol. The number of carbonyl (C=O) groups excluding carboxylic acids is 1. The molecule has 6 nitrogen and oxygen atoms in total. The van der Waals surface area contributed by atoms with E-state index in [1.54, 1.807) is 16.8 Å². The quantitative estimate of drug-likeness (QED) is 0.791. The number of halogens is 1. The van der Waals surface area contributed by atoms with Crippen molar-refractivity contribution in [2.75, 3.05) is 0 Å². The third-order valence-corrected chi connectivity index (χ3v) is 4.31. The molecule has 1 unspecified atom stereocenters. The second kappa shape index (κ2) is 8.16. The molecule has 1 heterocycles. The first-order valence-corrected chi connectivity index (χ1v) is 8.54. The highest BCUT2D eigenvalue weighted by Crippen LogP contribution is 2.20. The molecule has 0 aliphatic heterocycles. The van der Waals surface area contributed by atoms with E-state index in [9.17, 15) is 9.59 Å². The molecule has 0 spiro atoms. The molecule has 25 heavy (non-hydrogen) atoms. The van der Waals surface area contributed by atoms with Crippen molar-refractivity contribution in [3.63, 3.8) is 0 Å². The molecule has 2 rings (SSSR count). The van der Waals surface area contributed by atoms with Crippen molar-refractivity contribution in [1.82, 2.24) is 15.1 Å². The largest absolute Gasteiger partial charge is 0.480 e. The van der Waals surface area contributed by atoms with Crippen LogP contribution in [-0.2, 0) is 16.0 Å². The number of aliphatic carboxylic acids is 1. The highest BCUT2D eigenvalue weighted by Gasteiger charge is 2.21. The molecule has 0 aliphatic rings. The van der Waals surface area contributed by atoms with Gasteiger partial charge in [0.05, 0.1) is 17.8 Å². The summed E-state index contributed by atoms with van der Waals surface area (Å²) in [5.41, 5.74) is 3.24. The molecule has 7 heteroatoms. The predicted molar refractivity (Wildman–Crippen MR) is 96.2 cm³/mol. The fourth-order valence-electron chi connectivity index (χ4n) is 2.72. The van der Waals surface area contributed by atoms with Crippen LogP contribution >= 0.6 is 11.6 Å². The van der Waals surface area contributed by atoms with Gasteiger partial charge in [0.25, 0.3) is 0 Å². The number of hydrogen-bond donors (Lipinski definition) is 2. The molecular formula is C18H22ClN3O3. The Morgan fingerprint density at radius 3 is 2.48 bits per heavy atom. The Labute approximate surface area is 151 Å². The number of carbonyl (C=O) groups is 2. The summed E-state index contributed by atoms with van der Waals surface area (Å²) < 4.78 is 1.76. The van der Waals surface area contributed by atoms with Gasteiger partial charge in [0, 0.05) is 16.3 Å². The van der Waals surface area contributed by atoms with Crippen LogP contribution in [0.25, 0.3) is 5.69 Å². The number of hydrogen-bond acceptors (Lipinski definition) is 3. The minimum atomic E-state index is -1.01. The first-order valence-electron chi connectivity index (χ1n) is 8.16. The molecular weight excluding hydrogens is 342 g/mol. The van der Waals surface area contributed by atoms with E-state index in [2.05, 4.69) is 10.4 Å². The fourth-order valence-corrected chi connectivity index (χ4v) is 2.84. The van der Waals surface area contributed by atoms with Crippen LogP contribution in [0.1, 0.15) is 36.7 Å². The second-order valence-corrected chi connectivity index (χ2v) is 6.40. The summed E-state index contributed by atoms with van der Waals surface area (Å²) in [6, 6.07) is 6.41. The van der Waals surface area contributed by atoms with Crippen LogP contribution in [-0.4, -0.2) is 32.8 Å². The summed E-state index contributed by atoms with van der Waals surface area (Å²) >= 11 is 5.91. The van der Waals surface area contributed by atoms with E-state index < -0.39 is 12.0 Å². The SMILES string of the molecule is CCCC(NC(=O)Cc1c(C)nn(-c2ccc(Cl)cc2)c1C)C(=O)O. The number of carboxylic acids is 1. The lowest BCUT2D eigenvalue weighted by Crippen LogP contribution is -2.41. The number of benzene rings is 1. The van der Waals surface area contributed by atoms with Gasteiger partial charge in [0.2, 0.25) is 5.91 Å². The summed E-state index contributed by atoms with van der Waals surface area (Å²) in [5.74, 6) is -1.33. The van der Waals surface area contributed by atoms with Crippen LogP contribution in [0.4, 0.5) is 0 Å². The summed E-state index contributed by atoms with van der Waals surface area (Å²) in [7, 11) is 0. The van der Waals surface area contributed by atoms with Crippen LogP contribution in [0.5, 0.6) is 0 Å². The lowest BCUT2D eigenvalue weighted by molar-refractivity contribution is -0.141. The van der Waals surface area contributed by atoms with E-state index in [1.807, 2.05) is 32.9 Å². The normalized spacial score (nSPS) is 12.0. The molecule has 0 radical (unpaired) electrons. The molecule has 0 aliphatic carbocycles. The summed E-state index contributed by atoms with van der Waals surface area (Å²) in [6.45, 7) is 5.60. The topological polar surface area (TPSA) is 84.2 Å². The van der Waals surface area contributed by atoms with Crippen molar-refractivity contribution in [3.8, 4) is 5.69 Å². The minimum absolute atomic E-state index is 0.0960. The number of aromatic nitrogens is 2. The highest BCUT2D eigenvalue weighted by molar-refractivity contribution is 6.30. The Balaban J connectivity index is 2.19.